The van der Waals surface area contributed by atoms with E-state index in [1.807, 2.05) is 61.6 Å². The molecule has 0 aliphatic rings. The number of benzene rings is 3. The zero-order chi connectivity index (χ0) is 30.0. The first kappa shape index (κ1) is 32.5. The van der Waals surface area contributed by atoms with E-state index in [0.29, 0.717) is 12.4 Å². The third kappa shape index (κ3) is 9.82. The van der Waals surface area contributed by atoms with Crippen LogP contribution in [0.3, 0.4) is 0 Å². The van der Waals surface area contributed by atoms with E-state index in [0.717, 1.165) is 47.2 Å². The molecule has 3 aromatic rings. The number of esters is 1. The SMILES string of the molecule is COC(=O)Cc1cccc(C[C@@H](C)NC[C@H](CC(C)(C)[Si](C)(C)O)c2ccc(OCc3ccccc3)c(CO)c2)c1. The van der Waals surface area contributed by atoms with Gasteiger partial charge in [-0.25, -0.2) is 0 Å². The van der Waals surface area contributed by atoms with Crippen LogP contribution in [0.2, 0.25) is 18.1 Å². The number of hydrogen-bond donors (Lipinski definition) is 3. The first-order chi connectivity index (χ1) is 19.4. The number of nitrogens with one attached hydrogen (secondary N) is 1. The van der Waals surface area contributed by atoms with Gasteiger partial charge >= 0.3 is 5.97 Å². The molecule has 0 saturated carbocycles. The molecule has 0 aliphatic carbocycles. The van der Waals surface area contributed by atoms with E-state index in [4.69, 9.17) is 9.47 Å². The highest BCUT2D eigenvalue weighted by molar-refractivity contribution is 6.72. The summed E-state index contributed by atoms with van der Waals surface area (Å²) < 4.78 is 10.9. The fourth-order valence-corrected chi connectivity index (χ4v) is 5.65. The summed E-state index contributed by atoms with van der Waals surface area (Å²) in [7, 11) is -1.04. The number of methoxy groups -OCH3 is 1. The second-order valence-corrected chi connectivity index (χ2v) is 16.7. The summed E-state index contributed by atoms with van der Waals surface area (Å²) in [5, 5.41) is 13.7. The number of aliphatic hydroxyl groups excluding tert-OH is 1. The smallest absolute Gasteiger partial charge is 0.309 e. The highest BCUT2D eigenvalue weighted by Gasteiger charge is 2.40. The maximum Gasteiger partial charge on any atom is 0.309 e. The summed E-state index contributed by atoms with van der Waals surface area (Å²) in [5.41, 5.74) is 5.06. The normalized spacial score (nSPS) is 13.5. The van der Waals surface area contributed by atoms with Gasteiger partial charge in [-0.05, 0) is 78.2 Å². The van der Waals surface area contributed by atoms with E-state index in [1.54, 1.807) is 0 Å². The minimum atomic E-state index is -2.44. The van der Waals surface area contributed by atoms with Gasteiger partial charge in [0.05, 0.1) is 20.1 Å². The summed E-state index contributed by atoms with van der Waals surface area (Å²) in [6.07, 6.45) is 1.90. The largest absolute Gasteiger partial charge is 0.489 e. The number of ether oxygens (including phenoxy) is 2. The predicted molar refractivity (Wildman–Crippen MR) is 168 cm³/mol. The van der Waals surface area contributed by atoms with Gasteiger partial charge < -0.3 is 24.7 Å². The molecule has 6 nitrogen and oxygen atoms in total. The van der Waals surface area contributed by atoms with Crippen LogP contribution >= 0.6 is 0 Å². The molecule has 2 atom stereocenters. The van der Waals surface area contributed by atoms with Crippen molar-refractivity contribution in [3.63, 3.8) is 0 Å². The molecule has 0 radical (unpaired) electrons. The number of rotatable bonds is 15. The maximum absolute atomic E-state index is 11.7. The average Bonchev–Trinajstić information content (AvgIpc) is 2.94. The average molecular weight is 578 g/mol. The van der Waals surface area contributed by atoms with Crippen molar-refractivity contribution in [2.45, 2.75) is 83.3 Å². The van der Waals surface area contributed by atoms with Gasteiger partial charge in [-0.1, -0.05) is 74.5 Å². The van der Waals surface area contributed by atoms with Crippen molar-refractivity contribution in [2.24, 2.45) is 0 Å². The van der Waals surface area contributed by atoms with Gasteiger partial charge in [0.15, 0.2) is 8.32 Å². The van der Waals surface area contributed by atoms with Crippen molar-refractivity contribution >= 4 is 14.3 Å². The second-order valence-electron chi connectivity index (χ2n) is 12.2. The third-order valence-corrected chi connectivity index (χ3v) is 11.7. The minimum Gasteiger partial charge on any atom is -0.489 e. The van der Waals surface area contributed by atoms with Crippen molar-refractivity contribution in [1.82, 2.24) is 5.32 Å². The topological polar surface area (TPSA) is 88.0 Å². The predicted octanol–water partition coefficient (Wildman–Crippen LogP) is 6.15. The third-order valence-electron chi connectivity index (χ3n) is 8.20. The van der Waals surface area contributed by atoms with E-state index in [2.05, 4.69) is 50.4 Å². The summed E-state index contributed by atoms with van der Waals surface area (Å²) in [5.74, 6) is 0.571. The van der Waals surface area contributed by atoms with Crippen LogP contribution < -0.4 is 10.1 Å². The molecule has 3 N–H and O–H groups in total. The molecule has 0 aromatic heterocycles. The zero-order valence-electron chi connectivity index (χ0n) is 25.4. The van der Waals surface area contributed by atoms with Gasteiger partial charge in [0.25, 0.3) is 0 Å². The highest BCUT2D eigenvalue weighted by atomic mass is 28.4. The summed E-state index contributed by atoms with van der Waals surface area (Å²) in [6.45, 7) is 11.5. The Balaban J connectivity index is 1.76. The summed E-state index contributed by atoms with van der Waals surface area (Å²) in [4.78, 5) is 22.8. The van der Waals surface area contributed by atoms with Crippen molar-refractivity contribution in [1.29, 1.82) is 0 Å². The Morgan fingerprint density at radius 3 is 2.32 bits per heavy atom. The van der Waals surface area contributed by atoms with E-state index in [1.165, 1.54) is 7.11 Å². The molecule has 3 aromatic carbocycles. The number of carbonyl (C=O) groups excluding carboxylic acids is 1. The van der Waals surface area contributed by atoms with Crippen LogP contribution in [0.5, 0.6) is 5.75 Å². The van der Waals surface area contributed by atoms with E-state index in [9.17, 15) is 14.7 Å². The Kier molecular flexibility index (Phi) is 11.7. The fourth-order valence-electron chi connectivity index (χ4n) is 4.90. The van der Waals surface area contributed by atoms with Crippen LogP contribution in [0.4, 0.5) is 0 Å². The molecule has 0 heterocycles. The lowest BCUT2D eigenvalue weighted by molar-refractivity contribution is -0.139. The first-order valence-electron chi connectivity index (χ1n) is 14.4. The molecule has 0 saturated heterocycles. The van der Waals surface area contributed by atoms with Crippen molar-refractivity contribution < 1.29 is 24.2 Å². The van der Waals surface area contributed by atoms with E-state index < -0.39 is 8.32 Å². The van der Waals surface area contributed by atoms with Crippen molar-refractivity contribution in [3.8, 4) is 5.75 Å². The lowest BCUT2D eigenvalue weighted by Crippen LogP contribution is -2.41. The van der Waals surface area contributed by atoms with Gasteiger partial charge in [0.2, 0.25) is 0 Å². The Morgan fingerprint density at radius 2 is 1.66 bits per heavy atom. The lowest BCUT2D eigenvalue weighted by atomic mass is 9.88. The molecular formula is C34H47NO5Si. The Labute approximate surface area is 246 Å². The summed E-state index contributed by atoms with van der Waals surface area (Å²) >= 11 is 0. The second kappa shape index (κ2) is 14.8. The molecule has 0 amide bonds. The Hall–Kier alpha value is -2.97. The molecule has 0 unspecified atom stereocenters. The lowest BCUT2D eigenvalue weighted by Gasteiger charge is -2.38. The van der Waals surface area contributed by atoms with Gasteiger partial charge in [0.1, 0.15) is 12.4 Å². The molecule has 0 fully saturated rings. The van der Waals surface area contributed by atoms with E-state index in [-0.39, 0.29) is 36.0 Å². The molecule has 0 spiro atoms. The quantitative estimate of drug-likeness (QED) is 0.148. The summed E-state index contributed by atoms with van der Waals surface area (Å²) in [6, 6.07) is 24.4. The molecule has 222 valence electrons. The van der Waals surface area contributed by atoms with Crippen LogP contribution in [-0.2, 0) is 35.6 Å². The maximum atomic E-state index is 11.7. The molecule has 0 aliphatic heterocycles. The molecular weight excluding hydrogens is 530 g/mol. The minimum absolute atomic E-state index is 0.111. The Bertz CT molecular complexity index is 1260. The van der Waals surface area contributed by atoms with Crippen LogP contribution in [0.15, 0.2) is 72.8 Å². The van der Waals surface area contributed by atoms with Crippen LogP contribution in [0, 0.1) is 0 Å². The zero-order valence-corrected chi connectivity index (χ0v) is 26.4. The number of aliphatic hydroxyl groups is 1. The van der Waals surface area contributed by atoms with Crippen LogP contribution in [-0.4, -0.2) is 43.9 Å². The molecule has 41 heavy (non-hydrogen) atoms. The fraction of sp³-hybridized carbons (Fsp3) is 0.441. The molecule has 3 rings (SSSR count). The van der Waals surface area contributed by atoms with Crippen LogP contribution in [0.1, 0.15) is 60.9 Å². The van der Waals surface area contributed by atoms with Gasteiger partial charge in [-0.3, -0.25) is 4.79 Å². The Morgan fingerprint density at radius 1 is 0.976 bits per heavy atom. The number of hydrogen-bond acceptors (Lipinski definition) is 6. The van der Waals surface area contributed by atoms with Gasteiger partial charge in [0, 0.05) is 18.2 Å². The first-order valence-corrected chi connectivity index (χ1v) is 17.4. The van der Waals surface area contributed by atoms with Crippen molar-refractivity contribution in [3.05, 3.63) is 101 Å². The highest BCUT2D eigenvalue weighted by Crippen LogP contribution is 2.44. The molecule has 7 heteroatoms. The number of carbonyl (C=O) groups is 1. The van der Waals surface area contributed by atoms with Gasteiger partial charge in [-0.15, -0.1) is 0 Å². The van der Waals surface area contributed by atoms with Crippen LogP contribution in [0.25, 0.3) is 0 Å². The van der Waals surface area contributed by atoms with Gasteiger partial charge in [-0.2, -0.15) is 0 Å². The van der Waals surface area contributed by atoms with Crippen molar-refractivity contribution in [2.75, 3.05) is 13.7 Å². The van der Waals surface area contributed by atoms with E-state index >= 15 is 0 Å². The standard InChI is InChI=1S/C34H47NO5Si/c1-25(17-27-13-10-14-28(18-27)19-33(37)39-4)35-22-31(21-34(2,3)41(5,6)38)29-15-16-32(30(20-29)23-36)40-24-26-11-8-7-9-12-26/h7-16,18,20,25,31,35-36,38H,17,19,21-24H2,1-6H3/t25-,31+/m1/s1. The molecule has 0 bridgehead atoms. The monoisotopic (exact) mass is 577 g/mol.